The van der Waals surface area contributed by atoms with Gasteiger partial charge in [-0.2, -0.15) is 0 Å². The molecule has 1 aromatic rings. The minimum atomic E-state index is -0.122. The highest BCUT2D eigenvalue weighted by Crippen LogP contribution is 2.16. The monoisotopic (exact) mass is 293 g/mol. The summed E-state index contributed by atoms with van der Waals surface area (Å²) in [5.41, 5.74) is 6.43. The van der Waals surface area contributed by atoms with E-state index < -0.39 is 0 Å². The van der Waals surface area contributed by atoms with Crippen LogP contribution in [0.15, 0.2) is 30.3 Å². The Kier molecular flexibility index (Phi) is 11.0. The summed E-state index contributed by atoms with van der Waals surface area (Å²) in [5, 5.41) is 2.81. The van der Waals surface area contributed by atoms with Crippen molar-refractivity contribution in [2.75, 3.05) is 27.2 Å². The van der Waals surface area contributed by atoms with Crippen LogP contribution >= 0.6 is 24.8 Å². The lowest BCUT2D eigenvalue weighted by atomic mass is 10.1. The zero-order valence-electron chi connectivity index (χ0n) is 10.6. The molecular formula is C12H21Cl2N3O. The molecule has 4 nitrogen and oxygen atoms in total. The second kappa shape index (κ2) is 10.1. The highest BCUT2D eigenvalue weighted by Gasteiger charge is 2.14. The smallest absolute Gasteiger partial charge is 0.233 e. The van der Waals surface area contributed by atoms with Gasteiger partial charge >= 0.3 is 0 Å². The van der Waals surface area contributed by atoms with E-state index in [4.69, 9.17) is 5.73 Å². The predicted molar refractivity (Wildman–Crippen MR) is 79.4 cm³/mol. The highest BCUT2D eigenvalue weighted by atomic mass is 35.5. The molecule has 1 amide bonds. The third kappa shape index (κ3) is 6.21. The number of benzene rings is 1. The van der Waals surface area contributed by atoms with E-state index in [1.165, 1.54) is 5.56 Å². The van der Waals surface area contributed by atoms with Gasteiger partial charge in [-0.25, -0.2) is 0 Å². The normalized spacial score (nSPS) is 11.1. The summed E-state index contributed by atoms with van der Waals surface area (Å²) in [4.78, 5) is 13.2. The Morgan fingerprint density at radius 3 is 2.28 bits per heavy atom. The van der Waals surface area contributed by atoms with Crippen molar-refractivity contribution in [2.45, 2.75) is 6.04 Å². The first-order valence-corrected chi connectivity index (χ1v) is 5.33. The van der Waals surface area contributed by atoms with E-state index in [2.05, 4.69) is 22.3 Å². The lowest BCUT2D eigenvalue weighted by molar-refractivity contribution is -0.119. The van der Waals surface area contributed by atoms with E-state index >= 15 is 0 Å². The van der Waals surface area contributed by atoms with Crippen LogP contribution in [0, 0.1) is 0 Å². The molecule has 0 aliphatic rings. The van der Waals surface area contributed by atoms with Crippen LogP contribution in [0.1, 0.15) is 11.6 Å². The van der Waals surface area contributed by atoms with Gasteiger partial charge in [0.2, 0.25) is 5.91 Å². The average molecular weight is 294 g/mol. The minimum absolute atomic E-state index is 0. The van der Waals surface area contributed by atoms with Gasteiger partial charge in [-0.3, -0.25) is 4.79 Å². The molecule has 1 aromatic carbocycles. The van der Waals surface area contributed by atoms with Crippen molar-refractivity contribution in [3.05, 3.63) is 35.9 Å². The summed E-state index contributed by atoms with van der Waals surface area (Å²) in [6.07, 6.45) is 0. The number of halogens is 2. The van der Waals surface area contributed by atoms with Crippen molar-refractivity contribution >= 4 is 30.7 Å². The Balaban J connectivity index is 0. The van der Waals surface area contributed by atoms with E-state index in [9.17, 15) is 4.79 Å². The molecule has 104 valence electrons. The Morgan fingerprint density at radius 2 is 1.83 bits per heavy atom. The highest BCUT2D eigenvalue weighted by molar-refractivity contribution is 5.85. The molecule has 0 fully saturated rings. The fourth-order valence-corrected chi connectivity index (χ4v) is 1.56. The van der Waals surface area contributed by atoms with Gasteiger partial charge in [-0.05, 0) is 19.7 Å². The summed E-state index contributed by atoms with van der Waals surface area (Å²) in [6, 6.07) is 10.3. The Bertz CT molecular complexity index is 333. The average Bonchev–Trinajstić information content (AvgIpc) is 2.30. The zero-order chi connectivity index (χ0) is 12.0. The molecule has 0 saturated carbocycles. The van der Waals surface area contributed by atoms with Crippen molar-refractivity contribution in [3.8, 4) is 0 Å². The maximum atomic E-state index is 11.1. The first-order valence-electron chi connectivity index (χ1n) is 5.33. The van der Waals surface area contributed by atoms with Crippen LogP contribution < -0.4 is 11.1 Å². The molecule has 0 aliphatic heterocycles. The Labute approximate surface area is 121 Å². The first-order chi connectivity index (χ1) is 7.65. The molecule has 1 unspecified atom stereocenters. The first kappa shape index (κ1) is 19.5. The fourth-order valence-electron chi connectivity index (χ4n) is 1.56. The molecule has 3 N–H and O–H groups in total. The third-order valence-electron chi connectivity index (χ3n) is 2.49. The summed E-state index contributed by atoms with van der Waals surface area (Å²) < 4.78 is 0. The van der Waals surface area contributed by atoms with E-state index in [1.807, 2.05) is 32.3 Å². The molecular weight excluding hydrogens is 273 g/mol. The molecule has 0 radical (unpaired) electrons. The van der Waals surface area contributed by atoms with Gasteiger partial charge in [0.1, 0.15) is 0 Å². The van der Waals surface area contributed by atoms with Crippen molar-refractivity contribution in [2.24, 2.45) is 5.73 Å². The van der Waals surface area contributed by atoms with E-state index in [0.717, 1.165) is 0 Å². The maximum absolute atomic E-state index is 11.1. The van der Waals surface area contributed by atoms with Crippen LogP contribution in [0.5, 0.6) is 0 Å². The number of hydrogen-bond acceptors (Lipinski definition) is 3. The second-order valence-corrected chi connectivity index (χ2v) is 3.90. The Morgan fingerprint density at radius 1 is 1.28 bits per heavy atom. The van der Waals surface area contributed by atoms with Crippen LogP contribution in [0.4, 0.5) is 0 Å². The molecule has 0 aliphatic carbocycles. The summed E-state index contributed by atoms with van der Waals surface area (Å²) in [5.74, 6) is -0.122. The maximum Gasteiger partial charge on any atom is 0.233 e. The van der Waals surface area contributed by atoms with Gasteiger partial charge in [-0.1, -0.05) is 30.3 Å². The molecule has 0 heterocycles. The summed E-state index contributed by atoms with van der Waals surface area (Å²) in [7, 11) is 3.98. The number of rotatable bonds is 5. The van der Waals surface area contributed by atoms with Crippen LogP contribution in [-0.4, -0.2) is 38.0 Å². The van der Waals surface area contributed by atoms with Crippen molar-refractivity contribution in [3.63, 3.8) is 0 Å². The van der Waals surface area contributed by atoms with Crippen LogP contribution in [-0.2, 0) is 4.79 Å². The SMILES string of the molecule is CN(C)C(CNC(=O)CN)c1ccccc1.Cl.Cl. The molecule has 0 aromatic heterocycles. The van der Waals surface area contributed by atoms with Gasteiger partial charge in [0.25, 0.3) is 0 Å². The van der Waals surface area contributed by atoms with Gasteiger partial charge in [-0.15, -0.1) is 24.8 Å². The number of hydrogen-bond donors (Lipinski definition) is 2. The van der Waals surface area contributed by atoms with Crippen molar-refractivity contribution < 1.29 is 4.79 Å². The summed E-state index contributed by atoms with van der Waals surface area (Å²) >= 11 is 0. The van der Waals surface area contributed by atoms with E-state index in [0.29, 0.717) is 6.54 Å². The van der Waals surface area contributed by atoms with Crippen LogP contribution in [0.2, 0.25) is 0 Å². The number of nitrogens with zero attached hydrogens (tertiary/aromatic N) is 1. The van der Waals surface area contributed by atoms with Gasteiger partial charge in [0, 0.05) is 6.54 Å². The lowest BCUT2D eigenvalue weighted by Crippen LogP contribution is -2.37. The molecule has 0 saturated heterocycles. The number of nitrogens with one attached hydrogen (secondary N) is 1. The number of carbonyl (C=O) groups is 1. The van der Waals surface area contributed by atoms with E-state index in [-0.39, 0.29) is 43.3 Å². The van der Waals surface area contributed by atoms with Gasteiger partial charge in [0.15, 0.2) is 0 Å². The topological polar surface area (TPSA) is 58.4 Å². The number of nitrogens with two attached hydrogens (primary N) is 1. The largest absolute Gasteiger partial charge is 0.353 e. The number of likely N-dealkylation sites (N-methyl/N-ethyl adjacent to an activating group) is 1. The molecule has 0 bridgehead atoms. The molecule has 1 rings (SSSR count). The number of carbonyl (C=O) groups excluding carboxylic acids is 1. The Hall–Kier alpha value is -0.810. The molecule has 0 spiro atoms. The van der Waals surface area contributed by atoms with Gasteiger partial charge < -0.3 is 16.0 Å². The third-order valence-corrected chi connectivity index (χ3v) is 2.49. The van der Waals surface area contributed by atoms with Crippen LogP contribution in [0.3, 0.4) is 0 Å². The second-order valence-electron chi connectivity index (χ2n) is 3.90. The fraction of sp³-hybridized carbons (Fsp3) is 0.417. The van der Waals surface area contributed by atoms with Gasteiger partial charge in [0.05, 0.1) is 12.6 Å². The molecule has 1 atom stereocenters. The quantitative estimate of drug-likeness (QED) is 0.858. The predicted octanol–water partition coefficient (Wildman–Crippen LogP) is 1.21. The lowest BCUT2D eigenvalue weighted by Gasteiger charge is -2.25. The van der Waals surface area contributed by atoms with Crippen LogP contribution in [0.25, 0.3) is 0 Å². The minimum Gasteiger partial charge on any atom is -0.353 e. The molecule has 18 heavy (non-hydrogen) atoms. The van der Waals surface area contributed by atoms with E-state index in [1.54, 1.807) is 0 Å². The van der Waals surface area contributed by atoms with Crippen molar-refractivity contribution in [1.82, 2.24) is 10.2 Å². The van der Waals surface area contributed by atoms with Crippen molar-refractivity contribution in [1.29, 1.82) is 0 Å². The standard InChI is InChI=1S/C12H19N3O.2ClH/c1-15(2)11(9-14-12(16)8-13)10-6-4-3-5-7-10;;/h3-7,11H,8-9,13H2,1-2H3,(H,14,16);2*1H. The number of amides is 1. The summed E-state index contributed by atoms with van der Waals surface area (Å²) in [6.45, 7) is 0.613. The zero-order valence-corrected chi connectivity index (χ0v) is 12.3. The molecule has 6 heteroatoms.